The van der Waals surface area contributed by atoms with Crippen LogP contribution in [0.1, 0.15) is 36.1 Å². The van der Waals surface area contributed by atoms with E-state index in [0.717, 1.165) is 22.3 Å². The third-order valence-corrected chi connectivity index (χ3v) is 6.05. The quantitative estimate of drug-likeness (QED) is 0.406. The van der Waals surface area contributed by atoms with Crippen LogP contribution in [0.5, 0.6) is 5.75 Å². The molecule has 0 radical (unpaired) electrons. The monoisotopic (exact) mass is 492 g/mol. The SMILES string of the molecule is Cc1ccc(OCC(=O)N(Cc2ccccc2Cl)[C@@H](Cc2ccccc2)C(=O)NC(C)C)c(C)c1. The van der Waals surface area contributed by atoms with Crippen molar-refractivity contribution >= 4 is 23.4 Å². The zero-order valence-corrected chi connectivity index (χ0v) is 21.5. The average Bonchev–Trinajstić information content (AvgIpc) is 2.82. The van der Waals surface area contributed by atoms with Crippen LogP contribution in [0.2, 0.25) is 5.02 Å². The van der Waals surface area contributed by atoms with Gasteiger partial charge in [-0.15, -0.1) is 0 Å². The molecule has 0 aromatic heterocycles. The van der Waals surface area contributed by atoms with Crippen molar-refractivity contribution in [2.75, 3.05) is 6.61 Å². The fourth-order valence-electron chi connectivity index (χ4n) is 3.93. The van der Waals surface area contributed by atoms with Crippen LogP contribution < -0.4 is 10.1 Å². The number of benzene rings is 3. The van der Waals surface area contributed by atoms with Gasteiger partial charge >= 0.3 is 0 Å². The number of aryl methyl sites for hydroxylation is 2. The van der Waals surface area contributed by atoms with Gasteiger partial charge in [-0.3, -0.25) is 9.59 Å². The van der Waals surface area contributed by atoms with Crippen molar-refractivity contribution in [3.05, 3.63) is 100 Å². The zero-order valence-electron chi connectivity index (χ0n) is 20.8. The standard InChI is InChI=1S/C29H33ClN2O3/c1-20(2)31-29(34)26(17-23-10-6-5-7-11-23)32(18-24-12-8-9-13-25(24)30)28(33)19-35-27-15-14-21(3)16-22(27)4/h5-16,20,26H,17-19H2,1-4H3,(H,31,34)/t26-/m0/s1. The summed E-state index contributed by atoms with van der Waals surface area (Å²) in [6.45, 7) is 7.77. The van der Waals surface area contributed by atoms with Crippen molar-refractivity contribution in [3.8, 4) is 5.75 Å². The summed E-state index contributed by atoms with van der Waals surface area (Å²) in [7, 11) is 0. The summed E-state index contributed by atoms with van der Waals surface area (Å²) in [5.74, 6) is 0.147. The number of amides is 2. The molecular formula is C29H33ClN2O3. The van der Waals surface area contributed by atoms with E-state index in [2.05, 4.69) is 5.32 Å². The second-order valence-corrected chi connectivity index (χ2v) is 9.45. The maximum absolute atomic E-state index is 13.6. The Kier molecular flexibility index (Phi) is 9.32. The molecule has 3 aromatic rings. The van der Waals surface area contributed by atoms with Crippen LogP contribution in [0.3, 0.4) is 0 Å². The summed E-state index contributed by atoms with van der Waals surface area (Å²) >= 11 is 6.44. The first-order valence-corrected chi connectivity index (χ1v) is 12.2. The summed E-state index contributed by atoms with van der Waals surface area (Å²) in [4.78, 5) is 28.6. The van der Waals surface area contributed by atoms with E-state index >= 15 is 0 Å². The Hall–Kier alpha value is -3.31. The first-order valence-electron chi connectivity index (χ1n) is 11.8. The van der Waals surface area contributed by atoms with Crippen LogP contribution in [0.25, 0.3) is 0 Å². The predicted molar refractivity (Wildman–Crippen MR) is 141 cm³/mol. The van der Waals surface area contributed by atoms with E-state index in [1.165, 1.54) is 0 Å². The maximum Gasteiger partial charge on any atom is 0.261 e. The lowest BCUT2D eigenvalue weighted by atomic mass is 10.0. The normalized spacial score (nSPS) is 11.7. The van der Waals surface area contributed by atoms with Gasteiger partial charge in [0.15, 0.2) is 6.61 Å². The van der Waals surface area contributed by atoms with E-state index in [-0.39, 0.29) is 31.0 Å². The highest BCUT2D eigenvalue weighted by molar-refractivity contribution is 6.31. The first-order chi connectivity index (χ1) is 16.7. The molecular weight excluding hydrogens is 460 g/mol. The van der Waals surface area contributed by atoms with Crippen molar-refractivity contribution in [3.63, 3.8) is 0 Å². The summed E-state index contributed by atoms with van der Waals surface area (Å²) in [5.41, 5.74) is 3.80. The molecule has 0 saturated heterocycles. The molecule has 0 heterocycles. The molecule has 5 nitrogen and oxygen atoms in total. The summed E-state index contributed by atoms with van der Waals surface area (Å²) in [5, 5.41) is 3.53. The third kappa shape index (κ3) is 7.59. The fraction of sp³-hybridized carbons (Fsp3) is 0.310. The Bertz CT molecular complexity index is 1150. The van der Waals surface area contributed by atoms with Crippen molar-refractivity contribution in [2.45, 2.75) is 52.7 Å². The number of halogens is 1. The molecule has 0 fully saturated rings. The number of nitrogens with one attached hydrogen (secondary N) is 1. The van der Waals surface area contributed by atoms with E-state index < -0.39 is 6.04 Å². The van der Waals surface area contributed by atoms with E-state index in [1.54, 1.807) is 11.0 Å². The molecule has 0 aliphatic heterocycles. The largest absolute Gasteiger partial charge is 0.483 e. The van der Waals surface area contributed by atoms with Gasteiger partial charge < -0.3 is 15.0 Å². The minimum Gasteiger partial charge on any atom is -0.483 e. The van der Waals surface area contributed by atoms with Gasteiger partial charge in [-0.2, -0.15) is 0 Å². The lowest BCUT2D eigenvalue weighted by molar-refractivity contribution is -0.143. The van der Waals surface area contributed by atoms with Gasteiger partial charge in [0.05, 0.1) is 0 Å². The number of hydrogen-bond acceptors (Lipinski definition) is 3. The van der Waals surface area contributed by atoms with Crippen LogP contribution in [-0.2, 0) is 22.6 Å². The highest BCUT2D eigenvalue weighted by Gasteiger charge is 2.31. The number of carbonyl (C=O) groups excluding carboxylic acids is 2. The molecule has 1 atom stereocenters. The summed E-state index contributed by atoms with van der Waals surface area (Å²) < 4.78 is 5.91. The number of hydrogen-bond donors (Lipinski definition) is 1. The smallest absolute Gasteiger partial charge is 0.261 e. The molecule has 2 amide bonds. The number of ether oxygens (including phenoxy) is 1. The van der Waals surface area contributed by atoms with Crippen LogP contribution in [0.15, 0.2) is 72.8 Å². The second-order valence-electron chi connectivity index (χ2n) is 9.04. The van der Waals surface area contributed by atoms with Gasteiger partial charge in [-0.1, -0.05) is 77.8 Å². The highest BCUT2D eigenvalue weighted by atomic mass is 35.5. The topological polar surface area (TPSA) is 58.6 Å². The van der Waals surface area contributed by atoms with Gasteiger partial charge in [-0.05, 0) is 56.5 Å². The highest BCUT2D eigenvalue weighted by Crippen LogP contribution is 2.22. The van der Waals surface area contributed by atoms with Crippen LogP contribution in [0, 0.1) is 13.8 Å². The molecule has 35 heavy (non-hydrogen) atoms. The van der Waals surface area contributed by atoms with Crippen molar-refractivity contribution in [2.24, 2.45) is 0 Å². The summed E-state index contributed by atoms with van der Waals surface area (Å²) in [6, 6.07) is 22.1. The molecule has 0 aliphatic carbocycles. The van der Waals surface area contributed by atoms with E-state index in [1.807, 2.05) is 94.4 Å². The van der Waals surface area contributed by atoms with Crippen molar-refractivity contribution < 1.29 is 14.3 Å². The summed E-state index contributed by atoms with van der Waals surface area (Å²) in [6.07, 6.45) is 0.374. The van der Waals surface area contributed by atoms with Crippen LogP contribution in [0.4, 0.5) is 0 Å². The predicted octanol–water partition coefficient (Wildman–Crippen LogP) is 5.50. The lowest BCUT2D eigenvalue weighted by Crippen LogP contribution is -2.52. The molecule has 184 valence electrons. The minimum absolute atomic E-state index is 0.0653. The number of nitrogens with zero attached hydrogens (tertiary/aromatic N) is 1. The minimum atomic E-state index is -0.730. The molecule has 6 heteroatoms. The second kappa shape index (κ2) is 12.4. The Morgan fingerprint density at radius 1 is 0.971 bits per heavy atom. The first kappa shape index (κ1) is 26.3. The Morgan fingerprint density at radius 3 is 2.31 bits per heavy atom. The third-order valence-electron chi connectivity index (χ3n) is 5.68. The Labute approximate surface area is 213 Å². The Morgan fingerprint density at radius 2 is 1.66 bits per heavy atom. The van der Waals surface area contributed by atoms with E-state index in [4.69, 9.17) is 16.3 Å². The van der Waals surface area contributed by atoms with Gasteiger partial charge in [0.25, 0.3) is 5.91 Å². The molecule has 3 aromatic carbocycles. The van der Waals surface area contributed by atoms with Crippen molar-refractivity contribution in [1.82, 2.24) is 10.2 Å². The van der Waals surface area contributed by atoms with Gasteiger partial charge in [0.1, 0.15) is 11.8 Å². The molecule has 0 spiro atoms. The number of carbonyl (C=O) groups is 2. The molecule has 0 unspecified atom stereocenters. The zero-order chi connectivity index (χ0) is 25.4. The molecule has 0 aliphatic rings. The Balaban J connectivity index is 1.93. The van der Waals surface area contributed by atoms with E-state index in [0.29, 0.717) is 17.2 Å². The maximum atomic E-state index is 13.6. The molecule has 0 saturated carbocycles. The van der Waals surface area contributed by atoms with Gasteiger partial charge in [0, 0.05) is 24.0 Å². The van der Waals surface area contributed by atoms with E-state index in [9.17, 15) is 9.59 Å². The average molecular weight is 493 g/mol. The number of rotatable bonds is 10. The molecule has 1 N–H and O–H groups in total. The molecule has 3 rings (SSSR count). The van der Waals surface area contributed by atoms with Gasteiger partial charge in [-0.25, -0.2) is 0 Å². The fourth-order valence-corrected chi connectivity index (χ4v) is 4.12. The van der Waals surface area contributed by atoms with Crippen LogP contribution >= 0.6 is 11.6 Å². The van der Waals surface area contributed by atoms with Gasteiger partial charge in [0.2, 0.25) is 5.91 Å². The van der Waals surface area contributed by atoms with Crippen molar-refractivity contribution in [1.29, 1.82) is 0 Å². The van der Waals surface area contributed by atoms with Crippen LogP contribution in [-0.4, -0.2) is 35.4 Å². The molecule has 0 bridgehead atoms. The lowest BCUT2D eigenvalue weighted by Gasteiger charge is -2.32.